The standard InChI is InChI=1S/C21H31NO4/c1-25-19-6-17(18(7-20(19)26-2)22-11-16(24)12-23)21-8-13-3-14(9-21)5-15(4-13)10-21/h6-7,13-16,22-24H,3-5,8-12H2,1-2H3. The first-order chi connectivity index (χ1) is 12.6. The molecule has 0 spiro atoms. The average molecular weight is 361 g/mol. The Kier molecular flexibility index (Phi) is 4.78. The van der Waals surface area contributed by atoms with Crippen LogP contribution in [0.25, 0.3) is 0 Å². The number of aliphatic hydroxyl groups is 2. The highest BCUT2D eigenvalue weighted by Crippen LogP contribution is 2.62. The Morgan fingerprint density at radius 3 is 2.08 bits per heavy atom. The molecule has 0 heterocycles. The number of rotatable bonds is 7. The second kappa shape index (κ2) is 6.93. The fourth-order valence-corrected chi connectivity index (χ4v) is 6.20. The van der Waals surface area contributed by atoms with E-state index >= 15 is 0 Å². The molecule has 26 heavy (non-hydrogen) atoms. The number of benzene rings is 1. The van der Waals surface area contributed by atoms with E-state index in [0.717, 1.165) is 29.2 Å². The van der Waals surface area contributed by atoms with Gasteiger partial charge >= 0.3 is 0 Å². The third-order valence-corrected chi connectivity index (χ3v) is 6.87. The number of methoxy groups -OCH3 is 2. The molecule has 4 saturated carbocycles. The van der Waals surface area contributed by atoms with Crippen molar-refractivity contribution in [3.05, 3.63) is 17.7 Å². The summed E-state index contributed by atoms with van der Waals surface area (Å²) in [6.07, 6.45) is 7.20. The first-order valence-corrected chi connectivity index (χ1v) is 9.86. The molecule has 0 radical (unpaired) electrons. The van der Waals surface area contributed by atoms with Crippen LogP contribution in [0, 0.1) is 17.8 Å². The lowest BCUT2D eigenvalue weighted by atomic mass is 9.48. The number of ether oxygens (including phenoxy) is 2. The lowest BCUT2D eigenvalue weighted by Gasteiger charge is -2.57. The number of hydrogen-bond donors (Lipinski definition) is 3. The van der Waals surface area contributed by atoms with Crippen LogP contribution in [0.4, 0.5) is 5.69 Å². The van der Waals surface area contributed by atoms with E-state index in [2.05, 4.69) is 11.4 Å². The molecule has 3 N–H and O–H groups in total. The van der Waals surface area contributed by atoms with Crippen LogP contribution in [0.1, 0.15) is 44.1 Å². The molecule has 5 heteroatoms. The van der Waals surface area contributed by atoms with Crippen molar-refractivity contribution in [1.82, 2.24) is 0 Å². The number of hydrogen-bond acceptors (Lipinski definition) is 5. The van der Waals surface area contributed by atoms with Crippen LogP contribution >= 0.6 is 0 Å². The van der Waals surface area contributed by atoms with Gasteiger partial charge in [-0.1, -0.05) is 0 Å². The molecule has 1 aromatic carbocycles. The second-order valence-electron chi connectivity index (χ2n) is 8.67. The van der Waals surface area contributed by atoms with Gasteiger partial charge in [-0.15, -0.1) is 0 Å². The Bertz CT molecular complexity index is 624. The summed E-state index contributed by atoms with van der Waals surface area (Å²) in [7, 11) is 3.33. The SMILES string of the molecule is COc1cc(NCC(O)CO)c(C23CC4CC(CC(C4)C2)C3)cc1OC. The van der Waals surface area contributed by atoms with Crippen LogP contribution in [-0.2, 0) is 5.41 Å². The maximum atomic E-state index is 9.80. The Balaban J connectivity index is 1.73. The number of nitrogens with one attached hydrogen (secondary N) is 1. The van der Waals surface area contributed by atoms with Gasteiger partial charge in [0.25, 0.3) is 0 Å². The molecule has 0 amide bonds. The quantitative estimate of drug-likeness (QED) is 0.697. The molecule has 1 atom stereocenters. The van der Waals surface area contributed by atoms with E-state index in [1.807, 2.05) is 6.07 Å². The van der Waals surface area contributed by atoms with Crippen molar-refractivity contribution in [1.29, 1.82) is 0 Å². The van der Waals surface area contributed by atoms with Crippen LogP contribution in [0.15, 0.2) is 12.1 Å². The van der Waals surface area contributed by atoms with Gasteiger partial charge in [-0.25, -0.2) is 0 Å². The molecule has 144 valence electrons. The van der Waals surface area contributed by atoms with Crippen LogP contribution in [0.2, 0.25) is 0 Å². The number of anilines is 1. The minimum atomic E-state index is -0.771. The van der Waals surface area contributed by atoms with Crippen molar-refractivity contribution in [2.45, 2.75) is 50.0 Å². The van der Waals surface area contributed by atoms with Gasteiger partial charge in [-0.2, -0.15) is 0 Å². The normalized spacial score (nSPS) is 33.2. The highest BCUT2D eigenvalue weighted by molar-refractivity contribution is 5.63. The highest BCUT2D eigenvalue weighted by atomic mass is 16.5. The number of aliphatic hydroxyl groups excluding tert-OH is 2. The highest BCUT2D eigenvalue weighted by Gasteiger charge is 2.52. The van der Waals surface area contributed by atoms with Gasteiger partial charge in [0.15, 0.2) is 11.5 Å². The average Bonchev–Trinajstić information content (AvgIpc) is 2.64. The molecule has 0 aromatic heterocycles. The summed E-state index contributed by atoms with van der Waals surface area (Å²) >= 11 is 0. The molecule has 4 aliphatic carbocycles. The van der Waals surface area contributed by atoms with E-state index in [9.17, 15) is 5.11 Å². The second-order valence-corrected chi connectivity index (χ2v) is 8.67. The Morgan fingerprint density at radius 2 is 1.58 bits per heavy atom. The van der Waals surface area contributed by atoms with E-state index in [1.54, 1.807) is 14.2 Å². The minimum Gasteiger partial charge on any atom is -0.493 e. The minimum absolute atomic E-state index is 0.209. The maximum absolute atomic E-state index is 9.80. The predicted octanol–water partition coefficient (Wildman–Crippen LogP) is 2.94. The van der Waals surface area contributed by atoms with Crippen molar-refractivity contribution >= 4 is 5.69 Å². The first-order valence-electron chi connectivity index (χ1n) is 9.86. The predicted molar refractivity (Wildman–Crippen MR) is 101 cm³/mol. The van der Waals surface area contributed by atoms with Crippen LogP contribution < -0.4 is 14.8 Å². The van der Waals surface area contributed by atoms with Gasteiger partial charge < -0.3 is 25.0 Å². The van der Waals surface area contributed by atoms with Crippen LogP contribution in [0.3, 0.4) is 0 Å². The zero-order valence-electron chi connectivity index (χ0n) is 15.8. The van der Waals surface area contributed by atoms with E-state index in [-0.39, 0.29) is 12.0 Å². The summed E-state index contributed by atoms with van der Waals surface area (Å²) < 4.78 is 11.1. The van der Waals surface area contributed by atoms with Gasteiger partial charge in [0.1, 0.15) is 0 Å². The molecule has 1 unspecified atom stereocenters. The molecule has 5 nitrogen and oxygen atoms in total. The van der Waals surface area contributed by atoms with Crippen LogP contribution in [0.5, 0.6) is 11.5 Å². The summed E-state index contributed by atoms with van der Waals surface area (Å²) in [5, 5.41) is 22.3. The van der Waals surface area contributed by atoms with Gasteiger partial charge in [0.05, 0.1) is 26.9 Å². The van der Waals surface area contributed by atoms with Crippen molar-refractivity contribution < 1.29 is 19.7 Å². The van der Waals surface area contributed by atoms with Crippen molar-refractivity contribution in [2.75, 3.05) is 32.7 Å². The Morgan fingerprint density at radius 1 is 1.04 bits per heavy atom. The monoisotopic (exact) mass is 361 g/mol. The lowest BCUT2D eigenvalue weighted by molar-refractivity contribution is -0.00499. The summed E-state index contributed by atoms with van der Waals surface area (Å²) in [5.74, 6) is 4.02. The zero-order valence-corrected chi connectivity index (χ0v) is 15.8. The van der Waals surface area contributed by atoms with Crippen molar-refractivity contribution in [3.8, 4) is 11.5 Å². The van der Waals surface area contributed by atoms with Crippen LogP contribution in [-0.4, -0.2) is 43.7 Å². The molecule has 1 aromatic rings. The van der Waals surface area contributed by atoms with Crippen molar-refractivity contribution in [3.63, 3.8) is 0 Å². The van der Waals surface area contributed by atoms with Crippen molar-refractivity contribution in [2.24, 2.45) is 17.8 Å². The summed E-state index contributed by atoms with van der Waals surface area (Å²) in [6.45, 7) is 0.0817. The molecule has 5 rings (SSSR count). The lowest BCUT2D eigenvalue weighted by Crippen LogP contribution is -2.48. The topological polar surface area (TPSA) is 71.0 Å². The van der Waals surface area contributed by atoms with Gasteiger partial charge in [0, 0.05) is 18.3 Å². The summed E-state index contributed by atoms with van der Waals surface area (Å²) in [5.41, 5.74) is 2.53. The fourth-order valence-electron chi connectivity index (χ4n) is 6.20. The summed E-state index contributed by atoms with van der Waals surface area (Å²) in [4.78, 5) is 0. The van der Waals surface area contributed by atoms with Gasteiger partial charge in [0.2, 0.25) is 0 Å². The molecule has 0 aliphatic heterocycles. The zero-order chi connectivity index (χ0) is 18.3. The van der Waals surface area contributed by atoms with E-state index in [0.29, 0.717) is 12.3 Å². The largest absolute Gasteiger partial charge is 0.493 e. The molecule has 0 saturated heterocycles. The van der Waals surface area contributed by atoms with E-state index < -0.39 is 6.10 Å². The van der Waals surface area contributed by atoms with Gasteiger partial charge in [-0.3, -0.25) is 0 Å². The Labute approximate surface area is 155 Å². The summed E-state index contributed by atoms with van der Waals surface area (Å²) in [6, 6.07) is 4.15. The Hall–Kier alpha value is -1.46. The third kappa shape index (κ3) is 3.05. The maximum Gasteiger partial charge on any atom is 0.162 e. The molecular weight excluding hydrogens is 330 g/mol. The van der Waals surface area contributed by atoms with Gasteiger partial charge in [-0.05, 0) is 73.3 Å². The first kappa shape index (κ1) is 17.9. The molecular formula is C21H31NO4. The smallest absolute Gasteiger partial charge is 0.162 e. The van der Waals surface area contributed by atoms with E-state index in [4.69, 9.17) is 14.6 Å². The fraction of sp³-hybridized carbons (Fsp3) is 0.714. The third-order valence-electron chi connectivity index (χ3n) is 6.87. The molecule has 4 fully saturated rings. The molecule has 4 bridgehead atoms. The van der Waals surface area contributed by atoms with E-state index in [1.165, 1.54) is 44.1 Å². The molecule has 4 aliphatic rings.